The minimum absolute atomic E-state index is 0.0255. The summed E-state index contributed by atoms with van der Waals surface area (Å²) in [5, 5.41) is 12.6. The molecular formula is C21H33NO3. The average Bonchev–Trinajstić information content (AvgIpc) is 2.49. The van der Waals surface area contributed by atoms with Gasteiger partial charge in [-0.3, -0.25) is 0 Å². The Balaban J connectivity index is 2.70. The Hall–Kier alpha value is -1.81. The Bertz CT molecular complexity index is 532. The fraction of sp³-hybridized carbons (Fsp3) is 0.571. The number of carbonyl (C=O) groups excluding carboxylic acids is 1. The molecule has 1 aromatic carbocycles. The van der Waals surface area contributed by atoms with Crippen molar-refractivity contribution in [1.82, 2.24) is 5.32 Å². The zero-order chi connectivity index (χ0) is 18.9. The van der Waals surface area contributed by atoms with Gasteiger partial charge in [-0.05, 0) is 45.1 Å². The summed E-state index contributed by atoms with van der Waals surface area (Å²) in [4.78, 5) is 12.0. The third kappa shape index (κ3) is 9.92. The van der Waals surface area contributed by atoms with E-state index in [0.717, 1.165) is 12.8 Å². The van der Waals surface area contributed by atoms with Crippen LogP contribution >= 0.6 is 0 Å². The largest absolute Gasteiger partial charge is 0.444 e. The van der Waals surface area contributed by atoms with E-state index in [4.69, 9.17) is 4.74 Å². The van der Waals surface area contributed by atoms with E-state index in [1.54, 1.807) is 0 Å². The highest BCUT2D eigenvalue weighted by Crippen LogP contribution is 2.13. The maximum atomic E-state index is 12.0. The third-order valence-electron chi connectivity index (χ3n) is 3.62. The first-order valence-corrected chi connectivity index (χ1v) is 9.02. The number of amides is 1. The first-order chi connectivity index (χ1) is 11.7. The van der Waals surface area contributed by atoms with Crippen LogP contribution in [0, 0.1) is 11.8 Å². The van der Waals surface area contributed by atoms with Gasteiger partial charge in [0.05, 0.1) is 6.04 Å². The molecule has 0 saturated heterocycles. The van der Waals surface area contributed by atoms with Gasteiger partial charge < -0.3 is 15.2 Å². The number of aliphatic hydroxyl groups is 1. The molecule has 0 aromatic heterocycles. The van der Waals surface area contributed by atoms with Crippen molar-refractivity contribution >= 4 is 6.09 Å². The molecule has 1 aromatic rings. The molecule has 140 valence electrons. The molecule has 4 nitrogen and oxygen atoms in total. The van der Waals surface area contributed by atoms with Crippen LogP contribution in [0.5, 0.6) is 0 Å². The normalized spacial score (nSPS) is 14.5. The second-order valence-electron chi connectivity index (χ2n) is 7.90. The summed E-state index contributed by atoms with van der Waals surface area (Å²) in [6.07, 6.45) is 5.16. The molecule has 1 amide bonds. The molecule has 0 radical (unpaired) electrons. The lowest BCUT2D eigenvalue weighted by molar-refractivity contribution is 0.0510. The second-order valence-corrected chi connectivity index (χ2v) is 7.90. The monoisotopic (exact) mass is 347 g/mol. The highest BCUT2D eigenvalue weighted by atomic mass is 16.6. The van der Waals surface area contributed by atoms with Gasteiger partial charge in [0.1, 0.15) is 5.60 Å². The topological polar surface area (TPSA) is 58.6 Å². The SMILES string of the molecule is CC(C)C[C@@H](C=C[C@@H](CO)Cc1ccccc1)NC(=O)OC(C)(C)C. The Morgan fingerprint density at radius 3 is 2.36 bits per heavy atom. The molecule has 0 fully saturated rings. The standard InChI is InChI=1S/C21H33NO3/c1-16(2)13-19(22-20(24)25-21(3,4)5)12-11-18(15-23)14-17-9-7-6-8-10-17/h6-12,16,18-19,23H,13-15H2,1-5H3,(H,22,24)/t18-,19-/m1/s1. The van der Waals surface area contributed by atoms with Crippen molar-refractivity contribution in [2.75, 3.05) is 6.61 Å². The fourth-order valence-electron chi connectivity index (χ4n) is 2.55. The van der Waals surface area contributed by atoms with Gasteiger partial charge in [-0.15, -0.1) is 0 Å². The third-order valence-corrected chi connectivity index (χ3v) is 3.62. The van der Waals surface area contributed by atoms with Crippen LogP contribution in [0.1, 0.15) is 46.6 Å². The average molecular weight is 347 g/mol. The lowest BCUT2D eigenvalue weighted by atomic mass is 9.97. The van der Waals surface area contributed by atoms with Crippen LogP contribution in [0.3, 0.4) is 0 Å². The summed E-state index contributed by atoms with van der Waals surface area (Å²) in [6, 6.07) is 9.98. The van der Waals surface area contributed by atoms with Gasteiger partial charge in [0.15, 0.2) is 0 Å². The second kappa shape index (κ2) is 10.2. The zero-order valence-corrected chi connectivity index (χ0v) is 16.2. The Morgan fingerprint density at radius 1 is 1.20 bits per heavy atom. The van der Waals surface area contributed by atoms with Crippen molar-refractivity contribution < 1.29 is 14.6 Å². The molecular weight excluding hydrogens is 314 g/mol. The van der Waals surface area contributed by atoms with Gasteiger partial charge in [-0.2, -0.15) is 0 Å². The van der Waals surface area contributed by atoms with E-state index in [9.17, 15) is 9.90 Å². The highest BCUT2D eigenvalue weighted by molar-refractivity contribution is 5.68. The van der Waals surface area contributed by atoms with E-state index in [-0.39, 0.29) is 18.6 Å². The predicted octanol–water partition coefficient (Wildman–Crippen LogP) is 4.33. The van der Waals surface area contributed by atoms with Gasteiger partial charge in [-0.1, -0.05) is 56.3 Å². The first-order valence-electron chi connectivity index (χ1n) is 9.02. The van der Waals surface area contributed by atoms with Crippen molar-refractivity contribution in [3.63, 3.8) is 0 Å². The summed E-state index contributed by atoms with van der Waals surface area (Å²) >= 11 is 0. The van der Waals surface area contributed by atoms with Gasteiger partial charge in [0, 0.05) is 12.5 Å². The summed E-state index contributed by atoms with van der Waals surface area (Å²) < 4.78 is 5.35. The number of carbonyl (C=O) groups is 1. The van der Waals surface area contributed by atoms with Crippen LogP contribution in [-0.2, 0) is 11.2 Å². The summed E-state index contributed by atoms with van der Waals surface area (Å²) in [7, 11) is 0. The maximum absolute atomic E-state index is 12.0. The van der Waals surface area contributed by atoms with E-state index in [2.05, 4.69) is 31.3 Å². The number of benzene rings is 1. The van der Waals surface area contributed by atoms with E-state index >= 15 is 0 Å². The molecule has 0 heterocycles. The van der Waals surface area contributed by atoms with Crippen molar-refractivity contribution in [2.24, 2.45) is 11.8 Å². The molecule has 0 aliphatic carbocycles. The summed E-state index contributed by atoms with van der Waals surface area (Å²) in [6.45, 7) is 9.85. The number of ether oxygens (including phenoxy) is 1. The van der Waals surface area contributed by atoms with Gasteiger partial charge >= 0.3 is 6.09 Å². The van der Waals surface area contributed by atoms with Gasteiger partial charge in [0.2, 0.25) is 0 Å². The number of hydrogen-bond donors (Lipinski definition) is 2. The van der Waals surface area contributed by atoms with E-state index < -0.39 is 11.7 Å². The summed E-state index contributed by atoms with van der Waals surface area (Å²) in [5.74, 6) is 0.462. The van der Waals surface area contributed by atoms with E-state index in [1.807, 2.05) is 51.1 Å². The maximum Gasteiger partial charge on any atom is 0.408 e. The highest BCUT2D eigenvalue weighted by Gasteiger charge is 2.19. The minimum Gasteiger partial charge on any atom is -0.444 e. The summed E-state index contributed by atoms with van der Waals surface area (Å²) in [5.41, 5.74) is 0.670. The van der Waals surface area contributed by atoms with Crippen molar-refractivity contribution in [3.8, 4) is 0 Å². The number of alkyl carbamates (subject to hydrolysis) is 1. The van der Waals surface area contributed by atoms with Crippen molar-refractivity contribution in [1.29, 1.82) is 0 Å². The quantitative estimate of drug-likeness (QED) is 0.688. The molecule has 0 aliphatic rings. The van der Waals surface area contributed by atoms with Crippen LogP contribution in [0.25, 0.3) is 0 Å². The Morgan fingerprint density at radius 2 is 1.84 bits per heavy atom. The Labute approximate surface area is 152 Å². The van der Waals surface area contributed by atoms with Gasteiger partial charge in [0.25, 0.3) is 0 Å². The Kier molecular flexibility index (Phi) is 8.70. The number of hydrogen-bond acceptors (Lipinski definition) is 3. The molecule has 25 heavy (non-hydrogen) atoms. The smallest absolute Gasteiger partial charge is 0.408 e. The zero-order valence-electron chi connectivity index (χ0n) is 16.2. The van der Waals surface area contributed by atoms with Crippen molar-refractivity contribution in [2.45, 2.75) is 59.1 Å². The first kappa shape index (κ1) is 21.2. The molecule has 0 unspecified atom stereocenters. The van der Waals surface area contributed by atoms with Crippen LogP contribution in [-0.4, -0.2) is 29.4 Å². The minimum atomic E-state index is -0.517. The van der Waals surface area contributed by atoms with Gasteiger partial charge in [-0.25, -0.2) is 4.79 Å². The number of rotatable bonds is 8. The predicted molar refractivity (Wildman–Crippen MR) is 102 cm³/mol. The molecule has 0 saturated carbocycles. The molecule has 4 heteroatoms. The molecule has 2 N–H and O–H groups in total. The van der Waals surface area contributed by atoms with Crippen LogP contribution < -0.4 is 5.32 Å². The lowest BCUT2D eigenvalue weighted by Gasteiger charge is -2.23. The molecule has 2 atom stereocenters. The van der Waals surface area contributed by atoms with Crippen molar-refractivity contribution in [3.05, 3.63) is 48.0 Å². The van der Waals surface area contributed by atoms with Crippen LogP contribution in [0.2, 0.25) is 0 Å². The van der Waals surface area contributed by atoms with Crippen LogP contribution in [0.15, 0.2) is 42.5 Å². The molecule has 0 bridgehead atoms. The molecule has 1 rings (SSSR count). The molecule has 0 aliphatic heterocycles. The molecule has 0 spiro atoms. The number of nitrogens with one attached hydrogen (secondary N) is 1. The fourth-order valence-corrected chi connectivity index (χ4v) is 2.55. The van der Waals surface area contributed by atoms with E-state index in [1.165, 1.54) is 5.56 Å². The van der Waals surface area contributed by atoms with Crippen LogP contribution in [0.4, 0.5) is 4.79 Å². The lowest BCUT2D eigenvalue weighted by Crippen LogP contribution is -2.39. The number of aliphatic hydroxyl groups excluding tert-OH is 1. The van der Waals surface area contributed by atoms with E-state index in [0.29, 0.717) is 5.92 Å².